The van der Waals surface area contributed by atoms with Crippen molar-refractivity contribution in [1.29, 1.82) is 0 Å². The molecule has 0 aliphatic carbocycles. The molecule has 0 aromatic rings. The largest absolute Gasteiger partial charge is 0.466 e. The molecule has 13 atom stereocenters. The van der Waals surface area contributed by atoms with Crippen LogP contribution in [-0.2, 0) is 70.9 Å². The molecular weight excluding hydrogens is 873 g/mol. The SMILES string of the molecule is CC1C[SiH](C)O[SiH](C)O[SiH](O[SiH2]O[SiH2]O[SiH2]O[SiH]2OC(C)C(C)[SiH](O[SiH2]O[SiH2]O[SiH2]O[SiH]3OC(C)C[SiH](C)O[SiH](C)O3)O[SiH](C)O2)O1. The van der Waals surface area contributed by atoms with Gasteiger partial charge >= 0.3 is 47.1 Å². The van der Waals surface area contributed by atoms with Crippen LogP contribution < -0.4 is 0 Å². The predicted octanol–water partition coefficient (Wildman–Crippen LogP) is -6.51. The van der Waals surface area contributed by atoms with Crippen LogP contribution in [0.1, 0.15) is 27.7 Å². The van der Waals surface area contributed by atoms with Crippen molar-refractivity contribution in [3.05, 3.63) is 0 Å². The first-order chi connectivity index (χ1) is 22.5. The fraction of sp³-hybridized carbons (Fsp3) is 1.00. The van der Waals surface area contributed by atoms with E-state index in [2.05, 4.69) is 33.9 Å². The van der Waals surface area contributed by atoms with E-state index >= 15 is 0 Å². The Morgan fingerprint density at radius 1 is 0.468 bits per heavy atom. The van der Waals surface area contributed by atoms with E-state index in [9.17, 15) is 0 Å². The third-order valence-electron chi connectivity index (χ3n) is 7.10. The summed E-state index contributed by atoms with van der Waals surface area (Å²) in [7, 11) is -24.1. The van der Waals surface area contributed by atoms with Gasteiger partial charge in [0.1, 0.15) is 0 Å². The van der Waals surface area contributed by atoms with Gasteiger partial charge in [0.25, 0.3) is 78.6 Å². The maximum absolute atomic E-state index is 6.33. The molecule has 47 heavy (non-hydrogen) atoms. The third-order valence-corrected chi connectivity index (χ3v) is 41.9. The molecule has 32 heteroatoms. The standard InChI is InChI=1S/C15H56O17Si15/c1-12-10-39(5)27-41(7)30-45(16-12)24-36-20-33-19-35-23-44-15(4)14(3)18-47(32-43(9)29-44)26-38-22-34-21-37-25-46-17-13(2)11-40(6)28-42(8)31-46/h12-15,39-47H,10-11,33-38H2,1-9H3. The van der Waals surface area contributed by atoms with E-state index in [4.69, 9.17) is 70.9 Å². The molecule has 0 spiro atoms. The Balaban J connectivity index is 1.24. The van der Waals surface area contributed by atoms with Gasteiger partial charge in [-0.05, 0) is 65.6 Å². The second kappa shape index (κ2) is 24.8. The Kier molecular flexibility index (Phi) is 23.2. The summed E-state index contributed by atoms with van der Waals surface area (Å²) in [4.78, 5) is 0. The van der Waals surface area contributed by atoms with Crippen molar-refractivity contribution in [2.75, 3.05) is 0 Å². The Hall–Kier alpha value is 2.57. The molecular formula is C15H56O17Si15. The number of rotatable bonds is 16. The number of hydrogen-bond acceptors (Lipinski definition) is 17. The minimum Gasteiger partial charge on any atom is -0.441 e. The zero-order valence-corrected chi connectivity index (χ0v) is 48.0. The van der Waals surface area contributed by atoms with Crippen LogP contribution in [0.4, 0.5) is 0 Å². The first-order valence-electron chi connectivity index (χ1n) is 16.1. The second-order valence-corrected chi connectivity index (χ2v) is 43.4. The van der Waals surface area contributed by atoms with Gasteiger partial charge in [-0.2, -0.15) is 0 Å². The van der Waals surface area contributed by atoms with Crippen molar-refractivity contribution in [2.45, 2.75) is 96.4 Å². The average Bonchev–Trinajstić information content (AvgIpc) is 2.96. The molecule has 0 radical (unpaired) electrons. The fourth-order valence-corrected chi connectivity index (χ4v) is 42.5. The summed E-state index contributed by atoms with van der Waals surface area (Å²) in [6.07, 6.45) is 0.0860. The van der Waals surface area contributed by atoms with Crippen LogP contribution in [0.15, 0.2) is 0 Å². The molecule has 3 heterocycles. The van der Waals surface area contributed by atoms with Crippen LogP contribution in [0.25, 0.3) is 0 Å². The van der Waals surface area contributed by atoms with E-state index in [-0.39, 0.29) is 23.9 Å². The van der Waals surface area contributed by atoms with Crippen molar-refractivity contribution in [1.82, 2.24) is 0 Å². The lowest BCUT2D eigenvalue weighted by molar-refractivity contribution is 0.112. The van der Waals surface area contributed by atoms with Crippen LogP contribution in [0, 0.1) is 0 Å². The lowest BCUT2D eigenvalue weighted by Gasteiger charge is -2.35. The molecule has 0 amide bonds. The molecule has 0 N–H and O–H groups in total. The van der Waals surface area contributed by atoms with E-state index in [1.165, 1.54) is 0 Å². The Labute approximate surface area is 309 Å². The zero-order valence-electron chi connectivity index (χ0n) is 29.1. The minimum absolute atomic E-state index is 0.102. The van der Waals surface area contributed by atoms with Gasteiger partial charge in [-0.1, -0.05) is 6.92 Å². The molecule has 0 saturated carbocycles. The summed E-state index contributed by atoms with van der Waals surface area (Å²) in [5.41, 5.74) is 0.111. The normalized spacial score (nSPS) is 41.2. The minimum atomic E-state index is -2.38. The maximum Gasteiger partial charge on any atom is 0.466 e. The van der Waals surface area contributed by atoms with E-state index in [0.717, 1.165) is 12.1 Å². The highest BCUT2D eigenvalue weighted by Gasteiger charge is 2.37. The Bertz CT molecular complexity index is 814. The number of hydrogen-bond donors (Lipinski definition) is 0. The summed E-state index contributed by atoms with van der Waals surface area (Å²) >= 11 is 0. The van der Waals surface area contributed by atoms with E-state index in [0.29, 0.717) is 0 Å². The highest BCUT2D eigenvalue weighted by Crippen LogP contribution is 2.24. The summed E-state index contributed by atoms with van der Waals surface area (Å²) in [6, 6.07) is 1.95. The molecule has 0 aromatic carbocycles. The summed E-state index contributed by atoms with van der Waals surface area (Å²) in [6.45, 7) is 18.6. The Morgan fingerprint density at radius 2 is 0.851 bits per heavy atom. The van der Waals surface area contributed by atoms with E-state index < -0.39 is 144 Å². The van der Waals surface area contributed by atoms with Gasteiger partial charge in [0.15, 0.2) is 18.1 Å². The molecule has 3 fully saturated rings. The summed E-state index contributed by atoms with van der Waals surface area (Å²) in [5, 5.41) is 0. The van der Waals surface area contributed by atoms with Crippen LogP contribution >= 0.6 is 0 Å². The molecule has 0 bridgehead atoms. The molecule has 278 valence electrons. The molecule has 13 unspecified atom stereocenters. The van der Waals surface area contributed by atoms with Crippen LogP contribution in [0.5, 0.6) is 0 Å². The fourth-order valence-electron chi connectivity index (χ4n) is 4.79. The van der Waals surface area contributed by atoms with Crippen LogP contribution in [0.3, 0.4) is 0 Å². The smallest absolute Gasteiger partial charge is 0.441 e. The lowest BCUT2D eigenvalue weighted by atomic mass is 10.3. The quantitative estimate of drug-likeness (QED) is 0.106. The zero-order chi connectivity index (χ0) is 34.2. The third kappa shape index (κ3) is 18.9. The summed E-state index contributed by atoms with van der Waals surface area (Å²) in [5.74, 6) is 0. The van der Waals surface area contributed by atoms with Gasteiger partial charge < -0.3 is 70.9 Å². The first kappa shape index (κ1) is 44.0. The molecule has 3 saturated heterocycles. The first-order valence-corrected chi connectivity index (χ1v) is 40.1. The average molecular weight is 930 g/mol. The van der Waals surface area contributed by atoms with Gasteiger partial charge in [-0.15, -0.1) is 0 Å². The summed E-state index contributed by atoms with van der Waals surface area (Å²) < 4.78 is 102. The second-order valence-electron chi connectivity index (χ2n) is 11.6. The van der Waals surface area contributed by atoms with Gasteiger partial charge in [0.05, 0.1) is 6.10 Å². The molecule has 3 rings (SSSR count). The van der Waals surface area contributed by atoms with Crippen molar-refractivity contribution in [3.8, 4) is 0 Å². The topological polar surface area (TPSA) is 157 Å². The molecule has 3 aliphatic rings. The van der Waals surface area contributed by atoms with Gasteiger partial charge in [-0.3, -0.25) is 0 Å². The van der Waals surface area contributed by atoms with Gasteiger partial charge in [0, 0.05) is 17.7 Å². The van der Waals surface area contributed by atoms with E-state index in [1.807, 2.05) is 26.6 Å². The van der Waals surface area contributed by atoms with Crippen LogP contribution in [0.2, 0.25) is 50.4 Å². The monoisotopic (exact) mass is 928 g/mol. The van der Waals surface area contributed by atoms with E-state index in [1.54, 1.807) is 0 Å². The highest BCUT2D eigenvalue weighted by atomic mass is 28.5. The Morgan fingerprint density at radius 3 is 1.30 bits per heavy atom. The van der Waals surface area contributed by atoms with Crippen molar-refractivity contribution >= 4 is 144 Å². The van der Waals surface area contributed by atoms with Gasteiger partial charge in [-0.25, -0.2) is 0 Å². The van der Waals surface area contributed by atoms with Gasteiger partial charge in [0.2, 0.25) is 0 Å². The van der Waals surface area contributed by atoms with Crippen molar-refractivity contribution in [2.24, 2.45) is 0 Å². The molecule has 0 aromatic heterocycles. The lowest BCUT2D eigenvalue weighted by Crippen LogP contribution is -2.49. The molecule has 17 nitrogen and oxygen atoms in total. The van der Waals surface area contributed by atoms with Crippen LogP contribution in [-0.4, -0.2) is 162 Å². The van der Waals surface area contributed by atoms with Crippen molar-refractivity contribution < 1.29 is 70.9 Å². The maximum atomic E-state index is 6.33. The van der Waals surface area contributed by atoms with Crippen molar-refractivity contribution in [3.63, 3.8) is 0 Å². The highest BCUT2D eigenvalue weighted by molar-refractivity contribution is 6.69. The molecule has 3 aliphatic heterocycles. The predicted molar refractivity (Wildman–Crippen MR) is 211 cm³/mol.